The molecule has 6 rings (SSSR count). The van der Waals surface area contributed by atoms with Gasteiger partial charge in [-0.05, 0) is 30.3 Å². The fraction of sp³-hybridized carbons (Fsp3) is 0. The van der Waals surface area contributed by atoms with Crippen molar-refractivity contribution in [2.24, 2.45) is 0 Å². The van der Waals surface area contributed by atoms with Crippen molar-refractivity contribution in [3.63, 3.8) is 0 Å². The Balaban J connectivity index is 0.000000211. The Labute approximate surface area is 285 Å². The minimum Gasteiger partial charge on any atom is -0.872 e. The van der Waals surface area contributed by atoms with Crippen LogP contribution < -0.4 is 15.3 Å². The van der Waals surface area contributed by atoms with Gasteiger partial charge in [0, 0.05) is 23.2 Å². The fourth-order valence-corrected chi connectivity index (χ4v) is 3.61. The van der Waals surface area contributed by atoms with Crippen molar-refractivity contribution in [2.45, 2.75) is 0 Å². The molecule has 0 saturated carbocycles. The van der Waals surface area contributed by atoms with Crippen LogP contribution in [0.3, 0.4) is 0 Å². The Morgan fingerprint density at radius 1 is 0.444 bits per heavy atom. The molecule has 3 N–H and O–H groups in total. The van der Waals surface area contributed by atoms with Gasteiger partial charge in [0.25, 0.3) is 0 Å². The Kier molecular flexibility index (Phi) is 14.2. The van der Waals surface area contributed by atoms with Crippen LogP contribution in [0.2, 0.25) is 0 Å². The molecule has 0 aliphatic heterocycles. The molecular weight excluding hydrogens is 743 g/mol. The molecule has 0 fully saturated rings. The normalized spacial score (nSPS) is 9.51. The van der Waals surface area contributed by atoms with Crippen molar-refractivity contribution in [2.75, 3.05) is 0 Å². The van der Waals surface area contributed by atoms with Gasteiger partial charge in [0.05, 0.1) is 27.7 Å². The molecule has 0 aliphatic carbocycles. The zero-order valence-corrected chi connectivity index (χ0v) is 24.6. The molecule has 45 heavy (non-hydrogen) atoms. The monoisotopic (exact) mass is 766 g/mol. The number of benzene rings is 4. The van der Waals surface area contributed by atoms with E-state index in [1.807, 2.05) is 12.1 Å². The van der Waals surface area contributed by atoms with Crippen LogP contribution in [0.5, 0.6) is 17.2 Å². The molecule has 0 unspecified atom stereocenters. The molecule has 2 aromatic heterocycles. The van der Waals surface area contributed by atoms with E-state index in [0.29, 0.717) is 0 Å². The number of carboxylic acids is 3. The van der Waals surface area contributed by atoms with Crippen molar-refractivity contribution in [1.29, 1.82) is 0 Å². The molecule has 11 nitrogen and oxygen atoms in total. The number of carboxylic acid groups (broad SMARTS) is 3. The first-order valence-corrected chi connectivity index (χ1v) is 12.7. The summed E-state index contributed by atoms with van der Waals surface area (Å²) < 4.78 is 0. The molecular formula is C33H23LuN2O9. The molecule has 6 aromatic rings. The molecule has 4 aromatic carbocycles. The second kappa shape index (κ2) is 17.8. The molecule has 0 amide bonds. The Hall–Kier alpha value is -5.26. The summed E-state index contributed by atoms with van der Waals surface area (Å²) in [7, 11) is 0. The topological polar surface area (TPSA) is 207 Å². The Bertz CT molecular complexity index is 1730. The van der Waals surface area contributed by atoms with E-state index in [0.717, 1.165) is 21.8 Å². The zero-order chi connectivity index (χ0) is 32.1. The van der Waals surface area contributed by atoms with E-state index >= 15 is 0 Å². The predicted molar refractivity (Wildman–Crippen MR) is 156 cm³/mol. The van der Waals surface area contributed by atoms with E-state index in [1.165, 1.54) is 72.8 Å². The maximum Gasteiger partial charge on any atom is 3.00 e. The number of carbonyl (C=O) groups is 3. The number of rotatable bonds is 3. The number of aromatic nitrogens is 2. The van der Waals surface area contributed by atoms with Gasteiger partial charge in [-0.1, -0.05) is 96.1 Å². The minimum atomic E-state index is -1.18. The molecule has 2 heterocycles. The van der Waals surface area contributed by atoms with Gasteiger partial charge in [0.15, 0.2) is 0 Å². The molecule has 12 heteroatoms. The van der Waals surface area contributed by atoms with E-state index < -0.39 is 35.2 Å². The number of nitrogens with zero attached hydrogens (tertiary/aromatic N) is 2. The standard InChI is InChI=1S/C12H8N2.3C7H6O3.Lu/c1-3-9-5-6-10-4-2-8-14-12(10)11(9)13-7-1;3*8-6-4-2-1-3-5(6)7(9)10;/h1-8H;3*1-4,8H,(H,9,10);/q;;;;+3/p-3. The summed E-state index contributed by atoms with van der Waals surface area (Å²) in [6.45, 7) is 0. The third-order valence-corrected chi connectivity index (χ3v) is 5.70. The third-order valence-electron chi connectivity index (χ3n) is 5.70. The van der Waals surface area contributed by atoms with Gasteiger partial charge in [0.1, 0.15) is 0 Å². The first-order chi connectivity index (χ1) is 21.1. The Morgan fingerprint density at radius 3 is 0.978 bits per heavy atom. The van der Waals surface area contributed by atoms with Crippen molar-refractivity contribution >= 4 is 39.7 Å². The van der Waals surface area contributed by atoms with Gasteiger partial charge in [0.2, 0.25) is 0 Å². The summed E-state index contributed by atoms with van der Waals surface area (Å²) in [6, 6.07) is 28.7. The molecule has 0 aliphatic rings. The summed E-state index contributed by atoms with van der Waals surface area (Å²) in [6.07, 6.45) is 3.60. The summed E-state index contributed by atoms with van der Waals surface area (Å²) in [5.74, 6) is -4.87. The summed E-state index contributed by atoms with van der Waals surface area (Å²) >= 11 is 0. The van der Waals surface area contributed by atoms with E-state index in [9.17, 15) is 29.7 Å². The average molecular weight is 767 g/mol. The van der Waals surface area contributed by atoms with E-state index in [2.05, 4.69) is 34.2 Å². The smallest absolute Gasteiger partial charge is 0.872 e. The Morgan fingerprint density at radius 2 is 0.733 bits per heavy atom. The van der Waals surface area contributed by atoms with E-state index in [1.54, 1.807) is 12.4 Å². The van der Waals surface area contributed by atoms with Crippen LogP contribution in [0.4, 0.5) is 0 Å². The summed E-state index contributed by atoms with van der Waals surface area (Å²) in [4.78, 5) is 39.4. The molecule has 0 radical (unpaired) electrons. The predicted octanol–water partition coefficient (Wildman–Crippen LogP) is 4.16. The van der Waals surface area contributed by atoms with Crippen LogP contribution in [-0.2, 0) is 0 Å². The molecule has 234 valence electrons. The van der Waals surface area contributed by atoms with Gasteiger partial charge in [-0.2, -0.15) is 0 Å². The maximum absolute atomic E-state index is 10.7. The van der Waals surface area contributed by atoms with Crippen LogP contribution in [0.1, 0.15) is 31.1 Å². The number of aromatic carboxylic acids is 3. The van der Waals surface area contributed by atoms with E-state index in [4.69, 9.17) is 15.3 Å². The van der Waals surface area contributed by atoms with Crippen molar-refractivity contribution in [3.05, 3.63) is 138 Å². The largest absolute Gasteiger partial charge is 3.00 e. The van der Waals surface area contributed by atoms with Gasteiger partial charge in [-0.25, -0.2) is 14.4 Å². The average Bonchev–Trinajstić information content (AvgIpc) is 3.02. The van der Waals surface area contributed by atoms with Crippen LogP contribution in [0.25, 0.3) is 21.8 Å². The number of pyridine rings is 2. The van der Waals surface area contributed by atoms with Crippen molar-refractivity contribution in [3.8, 4) is 17.2 Å². The van der Waals surface area contributed by atoms with Gasteiger partial charge in [-0.15, -0.1) is 0 Å². The second-order valence-electron chi connectivity index (χ2n) is 8.62. The van der Waals surface area contributed by atoms with Crippen LogP contribution in [0, 0.1) is 36.9 Å². The number of para-hydroxylation sites is 3. The number of hydrogen-bond donors (Lipinski definition) is 3. The molecule has 0 atom stereocenters. The minimum absolute atomic E-state index is 0. The van der Waals surface area contributed by atoms with Crippen LogP contribution in [-0.4, -0.2) is 43.2 Å². The number of hydrogen-bond acceptors (Lipinski definition) is 8. The maximum atomic E-state index is 10.7. The molecule has 0 saturated heterocycles. The summed E-state index contributed by atoms with van der Waals surface area (Å²) in [5, 5.41) is 59.4. The SMILES string of the molecule is O=C(O)c1ccccc1[O-].O=C(O)c1ccccc1[O-].O=C(O)c1ccccc1[O-].[Lu+3].c1cnc2c(c1)ccc1cccnc12. The van der Waals surface area contributed by atoms with Gasteiger partial charge < -0.3 is 30.6 Å². The van der Waals surface area contributed by atoms with Crippen molar-refractivity contribution in [1.82, 2.24) is 9.97 Å². The second-order valence-corrected chi connectivity index (χ2v) is 8.62. The first-order valence-electron chi connectivity index (χ1n) is 12.7. The fourth-order valence-electron chi connectivity index (χ4n) is 3.61. The first kappa shape index (κ1) is 35.9. The quantitative estimate of drug-likeness (QED) is 0.218. The third kappa shape index (κ3) is 10.5. The van der Waals surface area contributed by atoms with E-state index in [-0.39, 0.29) is 53.6 Å². The number of fused-ring (bicyclic) bond motifs is 3. The van der Waals surface area contributed by atoms with Crippen molar-refractivity contribution < 1.29 is 81.9 Å². The van der Waals surface area contributed by atoms with Gasteiger partial charge in [-0.3, -0.25) is 9.97 Å². The van der Waals surface area contributed by atoms with Gasteiger partial charge >= 0.3 is 54.8 Å². The van der Waals surface area contributed by atoms with Crippen LogP contribution >= 0.6 is 0 Å². The van der Waals surface area contributed by atoms with Crippen LogP contribution in [0.15, 0.2) is 122 Å². The zero-order valence-electron chi connectivity index (χ0n) is 23.0. The molecule has 0 spiro atoms. The summed E-state index contributed by atoms with van der Waals surface area (Å²) in [5.41, 5.74) is 1.42. The molecule has 0 bridgehead atoms.